The summed E-state index contributed by atoms with van der Waals surface area (Å²) in [5, 5.41) is 2.74. The molecule has 4 aromatic rings. The molecule has 0 saturated heterocycles. The highest BCUT2D eigenvalue weighted by Crippen LogP contribution is 2.26. The number of aromatic nitrogens is 2. The number of benzene rings is 2. The zero-order chi connectivity index (χ0) is 20.0. The van der Waals surface area contributed by atoms with Crippen molar-refractivity contribution in [1.82, 2.24) is 9.55 Å². The van der Waals surface area contributed by atoms with Crippen molar-refractivity contribution in [3.05, 3.63) is 72.1 Å². The topological polar surface area (TPSA) is 20.7 Å². The van der Waals surface area contributed by atoms with Crippen LogP contribution in [0.5, 0.6) is 0 Å². The van der Waals surface area contributed by atoms with Gasteiger partial charge in [0.05, 0.1) is 0 Å². The predicted molar refractivity (Wildman–Crippen MR) is 121 cm³/mol. The van der Waals surface area contributed by atoms with E-state index in [0.29, 0.717) is 11.8 Å². The highest BCUT2D eigenvalue weighted by molar-refractivity contribution is 5.84. The van der Waals surface area contributed by atoms with E-state index in [1.165, 1.54) is 32.9 Å². The number of nitrogens with one attached hydrogen (secondary N) is 1. The molecule has 2 aromatic heterocycles. The van der Waals surface area contributed by atoms with Crippen LogP contribution in [0.2, 0.25) is 0 Å². The van der Waals surface area contributed by atoms with Crippen molar-refractivity contribution in [2.75, 3.05) is 0 Å². The van der Waals surface area contributed by atoms with Crippen LogP contribution in [0.1, 0.15) is 64.5 Å². The average molecular weight is 363 g/mol. The Bertz CT molecular complexity index is 970. The fourth-order valence-corrected chi connectivity index (χ4v) is 3.40. The number of fused-ring (bicyclic) bond motifs is 2. The number of para-hydroxylation sites is 2. The lowest BCUT2D eigenvalue weighted by Gasteiger charge is -2.00. The molecule has 2 nitrogen and oxygen atoms in total. The number of hydrogen-bond acceptors (Lipinski definition) is 0. The highest BCUT2D eigenvalue weighted by atomic mass is 14.9. The minimum atomic E-state index is 0.598. The zero-order valence-electron chi connectivity index (χ0n) is 17.9. The van der Waals surface area contributed by atoms with Gasteiger partial charge in [-0.1, -0.05) is 77.9 Å². The molecule has 0 spiro atoms. The second kappa shape index (κ2) is 9.45. The Kier molecular flexibility index (Phi) is 7.29. The number of aryl methyl sites for hydroxylation is 1. The summed E-state index contributed by atoms with van der Waals surface area (Å²) in [6.45, 7) is 12.9. The van der Waals surface area contributed by atoms with Crippen molar-refractivity contribution >= 4 is 21.8 Å². The molecular weight excluding hydrogens is 328 g/mol. The SMILES string of the molecule is CC.CC(C)c1c[nH]c2ccccc12.CC(C)c1cn(C)c2ccccc12. The average Bonchev–Trinajstić information content (AvgIpc) is 3.26. The second-order valence-corrected chi connectivity index (χ2v) is 7.31. The summed E-state index contributed by atoms with van der Waals surface area (Å²) in [7, 11) is 2.11. The van der Waals surface area contributed by atoms with Crippen LogP contribution in [-0.4, -0.2) is 9.55 Å². The number of rotatable bonds is 2. The molecule has 2 aromatic carbocycles. The van der Waals surface area contributed by atoms with Crippen molar-refractivity contribution in [2.24, 2.45) is 7.05 Å². The molecule has 144 valence electrons. The zero-order valence-corrected chi connectivity index (χ0v) is 17.9. The number of aromatic amines is 1. The van der Waals surface area contributed by atoms with Gasteiger partial charge in [0.1, 0.15) is 0 Å². The third-order valence-corrected chi connectivity index (χ3v) is 4.79. The lowest BCUT2D eigenvalue weighted by atomic mass is 10.0. The standard InChI is InChI=1S/C12H15N.C11H13N.C2H6/c1-9(2)11-8-13(3)12-7-5-4-6-10(11)12;1-8(2)10-7-12-11-6-4-3-5-9(10)11;1-2/h4-9H,1-3H3;3-8,12H,1-2H3;1-2H3. The third-order valence-electron chi connectivity index (χ3n) is 4.79. The van der Waals surface area contributed by atoms with Gasteiger partial charge < -0.3 is 9.55 Å². The Balaban J connectivity index is 0.000000178. The van der Waals surface area contributed by atoms with Crippen molar-refractivity contribution in [3.63, 3.8) is 0 Å². The summed E-state index contributed by atoms with van der Waals surface area (Å²) in [5.41, 5.74) is 5.41. The van der Waals surface area contributed by atoms with E-state index >= 15 is 0 Å². The molecule has 0 aliphatic heterocycles. The van der Waals surface area contributed by atoms with E-state index in [2.05, 4.69) is 105 Å². The van der Waals surface area contributed by atoms with Crippen molar-refractivity contribution in [3.8, 4) is 0 Å². The molecule has 2 heterocycles. The fourth-order valence-electron chi connectivity index (χ4n) is 3.40. The van der Waals surface area contributed by atoms with Crippen molar-refractivity contribution in [2.45, 2.75) is 53.4 Å². The Labute approximate surface area is 164 Å². The van der Waals surface area contributed by atoms with Crippen molar-refractivity contribution < 1.29 is 0 Å². The molecule has 0 saturated carbocycles. The van der Waals surface area contributed by atoms with Gasteiger partial charge in [0.15, 0.2) is 0 Å². The summed E-state index contributed by atoms with van der Waals surface area (Å²) in [6.07, 6.45) is 4.34. The summed E-state index contributed by atoms with van der Waals surface area (Å²) >= 11 is 0. The summed E-state index contributed by atoms with van der Waals surface area (Å²) < 4.78 is 2.20. The van der Waals surface area contributed by atoms with E-state index in [0.717, 1.165) is 0 Å². The molecule has 0 bridgehead atoms. The summed E-state index contributed by atoms with van der Waals surface area (Å²) in [6, 6.07) is 17.0. The normalized spacial score (nSPS) is 10.7. The first-order chi connectivity index (χ1) is 13.0. The molecule has 0 aliphatic rings. The van der Waals surface area contributed by atoms with Gasteiger partial charge in [0.25, 0.3) is 0 Å². The quantitative estimate of drug-likeness (QED) is 0.378. The van der Waals surface area contributed by atoms with Crippen LogP contribution in [-0.2, 0) is 7.05 Å². The van der Waals surface area contributed by atoms with E-state index in [1.54, 1.807) is 0 Å². The largest absolute Gasteiger partial charge is 0.361 e. The van der Waals surface area contributed by atoms with Crippen LogP contribution in [0.25, 0.3) is 21.8 Å². The van der Waals surface area contributed by atoms with E-state index in [1.807, 2.05) is 13.8 Å². The van der Waals surface area contributed by atoms with Gasteiger partial charge in [-0.25, -0.2) is 0 Å². The van der Waals surface area contributed by atoms with Crippen LogP contribution in [0.15, 0.2) is 60.9 Å². The molecule has 0 fully saturated rings. The molecule has 0 aliphatic carbocycles. The van der Waals surface area contributed by atoms with Gasteiger partial charge in [0, 0.05) is 41.2 Å². The molecule has 1 N–H and O–H groups in total. The molecule has 27 heavy (non-hydrogen) atoms. The summed E-state index contributed by atoms with van der Waals surface area (Å²) in [5.74, 6) is 1.20. The van der Waals surface area contributed by atoms with E-state index in [9.17, 15) is 0 Å². The van der Waals surface area contributed by atoms with Gasteiger partial charge in [-0.05, 0) is 35.1 Å². The van der Waals surface area contributed by atoms with E-state index in [-0.39, 0.29) is 0 Å². The third kappa shape index (κ3) is 4.63. The maximum atomic E-state index is 3.27. The van der Waals surface area contributed by atoms with Gasteiger partial charge in [-0.2, -0.15) is 0 Å². The van der Waals surface area contributed by atoms with Crippen LogP contribution < -0.4 is 0 Å². The molecule has 2 heteroatoms. The highest BCUT2D eigenvalue weighted by Gasteiger charge is 2.08. The molecular formula is C25H34N2. The number of nitrogens with zero attached hydrogens (tertiary/aromatic N) is 1. The molecule has 0 radical (unpaired) electrons. The van der Waals surface area contributed by atoms with E-state index < -0.39 is 0 Å². The molecule has 0 amide bonds. The van der Waals surface area contributed by atoms with Gasteiger partial charge >= 0.3 is 0 Å². The summed E-state index contributed by atoms with van der Waals surface area (Å²) in [4.78, 5) is 3.27. The maximum Gasteiger partial charge on any atom is 0.0480 e. The lowest BCUT2D eigenvalue weighted by Crippen LogP contribution is -1.84. The van der Waals surface area contributed by atoms with Crippen molar-refractivity contribution in [1.29, 1.82) is 0 Å². The lowest BCUT2D eigenvalue weighted by molar-refractivity contribution is 0.857. The first-order valence-corrected chi connectivity index (χ1v) is 10.1. The Hall–Kier alpha value is -2.48. The Morgan fingerprint density at radius 1 is 0.741 bits per heavy atom. The van der Waals surface area contributed by atoms with Gasteiger partial charge in [0.2, 0.25) is 0 Å². The van der Waals surface area contributed by atoms with Crippen LogP contribution in [0, 0.1) is 0 Å². The first-order valence-electron chi connectivity index (χ1n) is 10.1. The first kappa shape index (κ1) is 20.8. The smallest absolute Gasteiger partial charge is 0.0480 e. The second-order valence-electron chi connectivity index (χ2n) is 7.31. The Morgan fingerprint density at radius 2 is 1.30 bits per heavy atom. The number of hydrogen-bond donors (Lipinski definition) is 1. The Morgan fingerprint density at radius 3 is 1.93 bits per heavy atom. The maximum absolute atomic E-state index is 3.27. The fraction of sp³-hybridized carbons (Fsp3) is 0.360. The molecule has 0 atom stereocenters. The van der Waals surface area contributed by atoms with Gasteiger partial charge in [-0.3, -0.25) is 0 Å². The molecule has 0 unspecified atom stereocenters. The van der Waals surface area contributed by atoms with Gasteiger partial charge in [-0.15, -0.1) is 0 Å². The monoisotopic (exact) mass is 362 g/mol. The predicted octanol–water partition coefficient (Wildman–Crippen LogP) is 7.62. The minimum absolute atomic E-state index is 0.598. The van der Waals surface area contributed by atoms with Crippen LogP contribution in [0.4, 0.5) is 0 Å². The van der Waals surface area contributed by atoms with Crippen LogP contribution >= 0.6 is 0 Å². The minimum Gasteiger partial charge on any atom is -0.361 e. The van der Waals surface area contributed by atoms with E-state index in [4.69, 9.17) is 0 Å². The van der Waals surface area contributed by atoms with Crippen LogP contribution in [0.3, 0.4) is 0 Å². The number of H-pyrrole nitrogens is 1. The molecule has 4 rings (SSSR count).